The van der Waals surface area contributed by atoms with Crippen molar-refractivity contribution in [2.45, 2.75) is 37.7 Å². The Labute approximate surface area is 228 Å². The van der Waals surface area contributed by atoms with E-state index in [1.54, 1.807) is 18.2 Å². The number of carbonyl (C=O) groups excluding carboxylic acids is 1. The number of aromatic nitrogens is 3. The molecule has 198 valence electrons. The summed E-state index contributed by atoms with van der Waals surface area (Å²) in [5.41, 5.74) is 4.32. The van der Waals surface area contributed by atoms with Crippen LogP contribution in [0.3, 0.4) is 0 Å². The lowest BCUT2D eigenvalue weighted by molar-refractivity contribution is -0.113. The topological polar surface area (TPSA) is 97.2 Å². The van der Waals surface area contributed by atoms with Crippen LogP contribution in [0.15, 0.2) is 82.8 Å². The summed E-state index contributed by atoms with van der Waals surface area (Å²) >= 11 is 1.27. The molecule has 3 aromatic carbocycles. The molecule has 0 aliphatic heterocycles. The highest BCUT2D eigenvalue weighted by Crippen LogP contribution is 2.30. The number of aryl methyl sites for hydroxylation is 2. The molecule has 0 saturated carbocycles. The van der Waals surface area contributed by atoms with Crippen LogP contribution in [0.5, 0.6) is 0 Å². The van der Waals surface area contributed by atoms with E-state index in [1.807, 2.05) is 86.9 Å². The summed E-state index contributed by atoms with van der Waals surface area (Å²) < 4.78 is 29.6. The lowest BCUT2D eigenvalue weighted by atomic mass is 10.1. The summed E-state index contributed by atoms with van der Waals surface area (Å²) in [5.74, 6) is 0.470. The fraction of sp³-hybridized carbons (Fsp3) is 0.250. The van der Waals surface area contributed by atoms with Gasteiger partial charge in [0.15, 0.2) is 11.0 Å². The van der Waals surface area contributed by atoms with Gasteiger partial charge in [0.1, 0.15) is 0 Å². The third kappa shape index (κ3) is 5.98. The molecule has 4 rings (SSSR count). The molecule has 38 heavy (non-hydrogen) atoms. The zero-order chi connectivity index (χ0) is 27.3. The Morgan fingerprint density at radius 1 is 0.947 bits per heavy atom. The second-order valence-electron chi connectivity index (χ2n) is 8.75. The first kappa shape index (κ1) is 27.6. The highest BCUT2D eigenvalue weighted by molar-refractivity contribution is 7.99. The quantitative estimate of drug-likeness (QED) is 0.269. The largest absolute Gasteiger partial charge is 0.325 e. The van der Waals surface area contributed by atoms with Gasteiger partial charge in [-0.05, 0) is 49.7 Å². The van der Waals surface area contributed by atoms with Crippen molar-refractivity contribution in [2.24, 2.45) is 0 Å². The first-order valence-electron chi connectivity index (χ1n) is 12.4. The van der Waals surface area contributed by atoms with Crippen LogP contribution in [-0.4, -0.2) is 52.2 Å². The van der Waals surface area contributed by atoms with Gasteiger partial charge in [-0.2, -0.15) is 4.31 Å². The van der Waals surface area contributed by atoms with E-state index in [4.69, 9.17) is 0 Å². The minimum atomic E-state index is -3.64. The molecule has 0 fully saturated rings. The summed E-state index contributed by atoms with van der Waals surface area (Å²) in [7, 11) is -3.64. The summed E-state index contributed by atoms with van der Waals surface area (Å²) in [6, 6.07) is 22.2. The molecule has 0 unspecified atom stereocenters. The molecule has 0 spiro atoms. The molecule has 0 saturated heterocycles. The molecule has 0 aliphatic rings. The third-order valence-electron chi connectivity index (χ3n) is 6.07. The maximum atomic E-state index is 13.1. The van der Waals surface area contributed by atoms with Gasteiger partial charge >= 0.3 is 0 Å². The van der Waals surface area contributed by atoms with Crippen molar-refractivity contribution in [2.75, 3.05) is 24.2 Å². The summed E-state index contributed by atoms with van der Waals surface area (Å²) in [5, 5.41) is 12.3. The number of rotatable bonds is 10. The van der Waals surface area contributed by atoms with Gasteiger partial charge in [-0.1, -0.05) is 73.6 Å². The number of benzene rings is 3. The first-order valence-corrected chi connectivity index (χ1v) is 14.8. The Balaban J connectivity index is 1.65. The van der Waals surface area contributed by atoms with Crippen molar-refractivity contribution in [3.05, 3.63) is 83.9 Å². The van der Waals surface area contributed by atoms with E-state index in [0.717, 1.165) is 22.5 Å². The van der Waals surface area contributed by atoms with Crippen molar-refractivity contribution < 1.29 is 13.2 Å². The number of hydrogen-bond donors (Lipinski definition) is 1. The van der Waals surface area contributed by atoms with Crippen molar-refractivity contribution in [3.63, 3.8) is 0 Å². The van der Waals surface area contributed by atoms with Crippen LogP contribution in [0.4, 0.5) is 5.69 Å². The second kappa shape index (κ2) is 11.9. The van der Waals surface area contributed by atoms with Crippen molar-refractivity contribution in [3.8, 4) is 17.1 Å². The molecule has 8 nitrogen and oxygen atoms in total. The molecule has 0 radical (unpaired) electrons. The number of nitrogens with zero attached hydrogens (tertiary/aromatic N) is 4. The smallest absolute Gasteiger partial charge is 0.243 e. The van der Waals surface area contributed by atoms with Gasteiger partial charge in [0.25, 0.3) is 0 Å². The zero-order valence-electron chi connectivity index (χ0n) is 21.9. The van der Waals surface area contributed by atoms with E-state index in [-0.39, 0.29) is 16.6 Å². The van der Waals surface area contributed by atoms with E-state index in [0.29, 0.717) is 29.6 Å². The average Bonchev–Trinajstić information content (AvgIpc) is 3.34. The van der Waals surface area contributed by atoms with Crippen molar-refractivity contribution in [1.82, 2.24) is 19.1 Å². The van der Waals surface area contributed by atoms with Gasteiger partial charge in [0.05, 0.1) is 10.6 Å². The predicted molar refractivity (Wildman–Crippen MR) is 152 cm³/mol. The molecular formula is C28H31N5O3S2. The number of nitrogens with one attached hydrogen (secondary N) is 1. The molecule has 1 N–H and O–H groups in total. The molecule has 0 aliphatic carbocycles. The molecular weight excluding hydrogens is 518 g/mol. The number of para-hydroxylation sites is 1. The van der Waals surface area contributed by atoms with Crippen LogP contribution in [0.2, 0.25) is 0 Å². The van der Waals surface area contributed by atoms with Gasteiger partial charge in [0, 0.05) is 30.0 Å². The van der Waals surface area contributed by atoms with Crippen LogP contribution < -0.4 is 5.32 Å². The van der Waals surface area contributed by atoms with Crippen LogP contribution in [0.25, 0.3) is 17.1 Å². The SMILES string of the molecule is CCN(CC)S(=O)(=O)c1cccc(-c2nnc(SCC(=O)Nc3ccc(C)cc3C)n2-c2ccccc2)c1. The molecule has 1 amide bonds. The number of thioether (sulfide) groups is 1. The van der Waals surface area contributed by atoms with Crippen LogP contribution in [-0.2, 0) is 14.8 Å². The molecule has 0 atom stereocenters. The Bertz CT molecular complexity index is 1530. The zero-order valence-corrected chi connectivity index (χ0v) is 23.5. The fourth-order valence-corrected chi connectivity index (χ4v) is 6.39. The van der Waals surface area contributed by atoms with Gasteiger partial charge < -0.3 is 5.32 Å². The summed E-state index contributed by atoms with van der Waals surface area (Å²) in [6.07, 6.45) is 0. The third-order valence-corrected chi connectivity index (χ3v) is 9.05. The van der Waals surface area contributed by atoms with E-state index in [2.05, 4.69) is 15.5 Å². The fourth-order valence-electron chi connectivity index (χ4n) is 4.14. The lowest BCUT2D eigenvalue weighted by Gasteiger charge is -2.19. The van der Waals surface area contributed by atoms with E-state index < -0.39 is 10.0 Å². The maximum Gasteiger partial charge on any atom is 0.243 e. The average molecular weight is 550 g/mol. The maximum absolute atomic E-state index is 13.1. The highest BCUT2D eigenvalue weighted by Gasteiger charge is 2.24. The highest BCUT2D eigenvalue weighted by atomic mass is 32.2. The summed E-state index contributed by atoms with van der Waals surface area (Å²) in [4.78, 5) is 13.0. The van der Waals surface area contributed by atoms with Gasteiger partial charge in [-0.3, -0.25) is 9.36 Å². The number of carbonyl (C=O) groups is 1. The molecule has 1 aromatic heterocycles. The number of amides is 1. The van der Waals surface area contributed by atoms with E-state index in [1.165, 1.54) is 16.1 Å². The predicted octanol–water partition coefficient (Wildman–Crippen LogP) is 5.31. The standard InChI is InChI=1S/C28H31N5O3S2/c1-5-32(6-2)38(35,36)24-14-10-11-22(18-24)27-30-31-28(33(27)23-12-8-7-9-13-23)37-19-26(34)29-25-16-15-20(3)17-21(25)4/h7-18H,5-6,19H2,1-4H3,(H,29,34). The van der Waals surface area contributed by atoms with Crippen LogP contribution in [0, 0.1) is 13.8 Å². The normalized spacial score (nSPS) is 11.6. The Kier molecular flexibility index (Phi) is 8.65. The van der Waals surface area contributed by atoms with Gasteiger partial charge in [-0.15, -0.1) is 10.2 Å². The second-order valence-corrected chi connectivity index (χ2v) is 11.6. The van der Waals surface area contributed by atoms with Crippen LogP contribution in [0.1, 0.15) is 25.0 Å². The monoisotopic (exact) mass is 549 g/mol. The Morgan fingerprint density at radius 2 is 1.68 bits per heavy atom. The minimum Gasteiger partial charge on any atom is -0.325 e. The number of anilines is 1. The van der Waals surface area contributed by atoms with E-state index in [9.17, 15) is 13.2 Å². The molecule has 10 heteroatoms. The Hall–Kier alpha value is -3.47. The first-order chi connectivity index (χ1) is 18.2. The number of hydrogen-bond acceptors (Lipinski definition) is 6. The molecule has 4 aromatic rings. The van der Waals surface area contributed by atoms with Crippen molar-refractivity contribution in [1.29, 1.82) is 0 Å². The van der Waals surface area contributed by atoms with E-state index >= 15 is 0 Å². The Morgan fingerprint density at radius 3 is 2.37 bits per heavy atom. The lowest BCUT2D eigenvalue weighted by Crippen LogP contribution is -2.30. The summed E-state index contributed by atoms with van der Waals surface area (Å²) in [6.45, 7) is 8.37. The van der Waals surface area contributed by atoms with Crippen LogP contribution >= 0.6 is 11.8 Å². The van der Waals surface area contributed by atoms with Gasteiger partial charge in [0.2, 0.25) is 15.9 Å². The van der Waals surface area contributed by atoms with Gasteiger partial charge in [-0.25, -0.2) is 8.42 Å². The minimum absolute atomic E-state index is 0.134. The number of sulfonamides is 1. The van der Waals surface area contributed by atoms with Crippen molar-refractivity contribution >= 4 is 33.4 Å². The molecule has 0 bridgehead atoms. The molecule has 1 heterocycles.